The SMILES string of the molecule is CC1=CC[C@H]2[C@@H](C[C@H](O[Si](C)(C)C(C)(C)C)C3=CC(=O)C[C@@]32C)[C@@H]1O[Si](C)(C)C(C)(C)C. The minimum Gasteiger partial charge on any atom is -0.410 e. The maximum atomic E-state index is 12.7. The van der Waals surface area contributed by atoms with Gasteiger partial charge < -0.3 is 8.85 Å². The van der Waals surface area contributed by atoms with Gasteiger partial charge in [0.2, 0.25) is 0 Å². The van der Waals surface area contributed by atoms with Gasteiger partial charge in [0, 0.05) is 11.8 Å². The van der Waals surface area contributed by atoms with E-state index in [1.807, 2.05) is 6.08 Å². The van der Waals surface area contributed by atoms with Gasteiger partial charge in [-0.05, 0) is 85.1 Å². The Hall–Kier alpha value is -0.496. The van der Waals surface area contributed by atoms with E-state index in [4.69, 9.17) is 8.85 Å². The molecule has 0 unspecified atom stereocenters. The van der Waals surface area contributed by atoms with E-state index in [0.29, 0.717) is 18.3 Å². The molecule has 0 N–H and O–H groups in total. The predicted molar refractivity (Wildman–Crippen MR) is 140 cm³/mol. The van der Waals surface area contributed by atoms with Crippen molar-refractivity contribution < 1.29 is 13.6 Å². The molecule has 0 bridgehead atoms. The van der Waals surface area contributed by atoms with E-state index >= 15 is 0 Å². The molecule has 0 saturated heterocycles. The lowest BCUT2D eigenvalue weighted by molar-refractivity contribution is -0.116. The molecule has 0 aliphatic heterocycles. The van der Waals surface area contributed by atoms with Gasteiger partial charge in [-0.15, -0.1) is 0 Å². The van der Waals surface area contributed by atoms with E-state index in [-0.39, 0.29) is 33.5 Å². The van der Waals surface area contributed by atoms with E-state index in [0.717, 1.165) is 12.8 Å². The van der Waals surface area contributed by atoms with Crippen LogP contribution in [0.5, 0.6) is 0 Å². The van der Waals surface area contributed by atoms with Gasteiger partial charge in [0.15, 0.2) is 22.4 Å². The van der Waals surface area contributed by atoms with Crippen LogP contribution >= 0.6 is 0 Å². The molecule has 3 aliphatic rings. The molecular formula is C27H48O3Si2. The van der Waals surface area contributed by atoms with Crippen molar-refractivity contribution in [2.45, 2.75) is 123 Å². The largest absolute Gasteiger partial charge is 0.410 e. The Bertz CT molecular complexity index is 825. The average Bonchev–Trinajstić information content (AvgIpc) is 2.90. The van der Waals surface area contributed by atoms with Gasteiger partial charge in [-0.1, -0.05) is 54.5 Å². The first-order valence-corrected chi connectivity index (χ1v) is 18.4. The summed E-state index contributed by atoms with van der Waals surface area (Å²) in [7, 11) is -3.91. The summed E-state index contributed by atoms with van der Waals surface area (Å²) >= 11 is 0. The molecule has 0 amide bonds. The Morgan fingerprint density at radius 3 is 2.03 bits per heavy atom. The number of hydrogen-bond donors (Lipinski definition) is 0. The maximum Gasteiger partial charge on any atom is 0.192 e. The van der Waals surface area contributed by atoms with Crippen LogP contribution in [0.3, 0.4) is 0 Å². The van der Waals surface area contributed by atoms with Crippen molar-refractivity contribution in [2.24, 2.45) is 17.3 Å². The van der Waals surface area contributed by atoms with Gasteiger partial charge in [-0.25, -0.2) is 0 Å². The summed E-state index contributed by atoms with van der Waals surface area (Å²) < 4.78 is 14.2. The van der Waals surface area contributed by atoms with E-state index in [1.165, 1.54) is 11.1 Å². The van der Waals surface area contributed by atoms with Crippen molar-refractivity contribution in [3.8, 4) is 0 Å². The van der Waals surface area contributed by atoms with Crippen LogP contribution in [0.15, 0.2) is 23.3 Å². The van der Waals surface area contributed by atoms with Crippen molar-refractivity contribution in [3.05, 3.63) is 23.3 Å². The van der Waals surface area contributed by atoms with Crippen molar-refractivity contribution in [3.63, 3.8) is 0 Å². The van der Waals surface area contributed by atoms with E-state index in [1.54, 1.807) is 0 Å². The minimum absolute atomic E-state index is 0.0324. The fourth-order valence-electron chi connectivity index (χ4n) is 5.52. The third-order valence-corrected chi connectivity index (χ3v) is 18.6. The normalized spacial score (nSPS) is 34.1. The third-order valence-electron chi connectivity index (χ3n) is 9.69. The van der Waals surface area contributed by atoms with E-state index < -0.39 is 16.6 Å². The monoisotopic (exact) mass is 476 g/mol. The van der Waals surface area contributed by atoms with Crippen LogP contribution in [0.2, 0.25) is 36.3 Å². The lowest BCUT2D eigenvalue weighted by Crippen LogP contribution is -2.56. The Balaban J connectivity index is 2.02. The van der Waals surface area contributed by atoms with Gasteiger partial charge >= 0.3 is 0 Å². The van der Waals surface area contributed by atoms with Gasteiger partial charge in [0.25, 0.3) is 0 Å². The van der Waals surface area contributed by atoms with Crippen LogP contribution in [0, 0.1) is 17.3 Å². The van der Waals surface area contributed by atoms with Crippen molar-refractivity contribution in [1.82, 2.24) is 0 Å². The van der Waals surface area contributed by atoms with Gasteiger partial charge in [-0.2, -0.15) is 0 Å². The molecule has 0 heterocycles. The zero-order chi connectivity index (χ0) is 24.5. The second kappa shape index (κ2) is 8.03. The summed E-state index contributed by atoms with van der Waals surface area (Å²) in [6.07, 6.45) is 7.15. The third kappa shape index (κ3) is 4.44. The molecule has 0 spiro atoms. The summed E-state index contributed by atoms with van der Waals surface area (Å²) in [6, 6.07) is 0. The second-order valence-electron chi connectivity index (χ2n) is 14.0. The number of allylic oxidation sites excluding steroid dienone is 2. The molecule has 0 aromatic rings. The molecule has 3 nitrogen and oxygen atoms in total. The molecule has 3 rings (SSSR count). The number of rotatable bonds is 4. The number of fused-ring (bicyclic) bond motifs is 3. The van der Waals surface area contributed by atoms with Crippen molar-refractivity contribution in [1.29, 1.82) is 0 Å². The summed E-state index contributed by atoms with van der Waals surface area (Å²) in [4.78, 5) is 12.7. The Kier molecular flexibility index (Phi) is 6.55. The fourth-order valence-corrected chi connectivity index (χ4v) is 8.16. The smallest absolute Gasteiger partial charge is 0.192 e. The highest BCUT2D eigenvalue weighted by atomic mass is 28.4. The first-order chi connectivity index (χ1) is 14.3. The first kappa shape index (κ1) is 26.1. The van der Waals surface area contributed by atoms with Gasteiger partial charge in [0.05, 0.1) is 12.2 Å². The van der Waals surface area contributed by atoms with Crippen molar-refractivity contribution in [2.75, 3.05) is 0 Å². The van der Waals surface area contributed by atoms with Gasteiger partial charge in [-0.3, -0.25) is 4.79 Å². The van der Waals surface area contributed by atoms with Crippen LogP contribution in [0.25, 0.3) is 0 Å². The molecule has 3 aliphatic carbocycles. The molecule has 1 fully saturated rings. The molecule has 0 aromatic heterocycles. The molecule has 0 aromatic carbocycles. The summed E-state index contributed by atoms with van der Waals surface area (Å²) in [5.74, 6) is 1.12. The highest BCUT2D eigenvalue weighted by Gasteiger charge is 2.57. The summed E-state index contributed by atoms with van der Waals surface area (Å²) in [5.41, 5.74) is 2.54. The lowest BCUT2D eigenvalue weighted by Gasteiger charge is -2.55. The standard InChI is InChI=1S/C27H48O3Si2/c1-18-13-14-21-20(24(18)30-32(11,12)26(5,6)7)16-23(29-31(9,10)25(2,3)4)22-15-19(28)17-27(21,22)8/h13,15,20-21,23-24H,14,16-17H2,1-12H3/t20-,21+,23+,24-,27-/m1/s1. The number of carbonyl (C=O) groups excluding carboxylic acids is 1. The van der Waals surface area contributed by atoms with Crippen LogP contribution in [0.1, 0.15) is 74.7 Å². The van der Waals surface area contributed by atoms with Crippen molar-refractivity contribution >= 4 is 22.4 Å². The fraction of sp³-hybridized carbons (Fsp3) is 0.815. The van der Waals surface area contributed by atoms with Gasteiger partial charge in [0.1, 0.15) is 0 Å². The van der Waals surface area contributed by atoms with Crippen LogP contribution < -0.4 is 0 Å². The Morgan fingerprint density at radius 2 is 1.50 bits per heavy atom. The van der Waals surface area contributed by atoms with Crippen LogP contribution in [0.4, 0.5) is 0 Å². The van der Waals surface area contributed by atoms with E-state index in [9.17, 15) is 4.79 Å². The molecule has 5 heteroatoms. The second-order valence-corrected chi connectivity index (χ2v) is 23.5. The van der Waals surface area contributed by atoms with Crippen LogP contribution in [-0.4, -0.2) is 34.6 Å². The first-order valence-electron chi connectivity index (χ1n) is 12.6. The highest BCUT2D eigenvalue weighted by molar-refractivity contribution is 6.74. The highest BCUT2D eigenvalue weighted by Crippen LogP contribution is 2.59. The number of hydrogen-bond acceptors (Lipinski definition) is 3. The number of carbonyl (C=O) groups is 1. The van der Waals surface area contributed by atoms with Crippen LogP contribution in [-0.2, 0) is 13.6 Å². The number of ketones is 1. The Labute approximate surface area is 199 Å². The maximum absolute atomic E-state index is 12.7. The molecule has 182 valence electrons. The molecule has 32 heavy (non-hydrogen) atoms. The zero-order valence-electron chi connectivity index (χ0n) is 22.8. The quantitative estimate of drug-likeness (QED) is 0.308. The molecule has 1 saturated carbocycles. The lowest BCUT2D eigenvalue weighted by atomic mass is 9.55. The Morgan fingerprint density at radius 1 is 0.969 bits per heavy atom. The van der Waals surface area contributed by atoms with E-state index in [2.05, 4.69) is 87.7 Å². The predicted octanol–water partition coefficient (Wildman–Crippen LogP) is 7.66. The molecular weight excluding hydrogens is 428 g/mol. The molecule has 5 atom stereocenters. The summed E-state index contributed by atoms with van der Waals surface area (Å²) in [5, 5.41) is 0.313. The minimum atomic E-state index is -1.98. The topological polar surface area (TPSA) is 35.5 Å². The summed E-state index contributed by atoms with van der Waals surface area (Å²) in [6.45, 7) is 27.9. The average molecular weight is 477 g/mol. The zero-order valence-corrected chi connectivity index (χ0v) is 24.8. The molecule has 0 radical (unpaired) electrons.